The lowest BCUT2D eigenvalue weighted by atomic mass is 10.1. The molecular formula is C21H26N6OS. The van der Waals surface area contributed by atoms with E-state index in [9.17, 15) is 4.79 Å². The predicted octanol–water partition coefficient (Wildman–Crippen LogP) is 3.64. The predicted molar refractivity (Wildman–Crippen MR) is 116 cm³/mol. The molecule has 0 aromatic carbocycles. The maximum absolute atomic E-state index is 13.4. The summed E-state index contributed by atoms with van der Waals surface area (Å²) in [6, 6.07) is 4.43. The molecule has 1 saturated carbocycles. The smallest absolute Gasteiger partial charge is 0.272 e. The molecular weight excluding hydrogens is 384 g/mol. The van der Waals surface area contributed by atoms with Crippen LogP contribution in [-0.4, -0.2) is 51.7 Å². The molecule has 1 aliphatic heterocycles. The highest BCUT2D eigenvalue weighted by Crippen LogP contribution is 2.40. The van der Waals surface area contributed by atoms with E-state index in [1.807, 2.05) is 4.90 Å². The lowest BCUT2D eigenvalue weighted by Crippen LogP contribution is -2.51. The summed E-state index contributed by atoms with van der Waals surface area (Å²) in [6.07, 6.45) is 3.23. The maximum Gasteiger partial charge on any atom is 0.272 e. The number of pyridine rings is 1. The van der Waals surface area contributed by atoms with Crippen molar-refractivity contribution >= 4 is 39.0 Å². The number of thiophene rings is 1. The second-order valence-corrected chi connectivity index (χ2v) is 8.93. The summed E-state index contributed by atoms with van der Waals surface area (Å²) in [5.74, 6) is 2.10. The maximum atomic E-state index is 13.4. The fraction of sp³-hybridized carbons (Fsp3) is 0.476. The molecule has 2 fully saturated rings. The fourth-order valence-corrected chi connectivity index (χ4v) is 5.08. The van der Waals surface area contributed by atoms with Crippen molar-refractivity contribution in [3.8, 4) is 0 Å². The molecule has 0 spiro atoms. The van der Waals surface area contributed by atoms with Crippen molar-refractivity contribution < 1.29 is 4.79 Å². The van der Waals surface area contributed by atoms with Crippen molar-refractivity contribution in [1.82, 2.24) is 25.4 Å². The number of aromatic amines is 1. The number of hydrogen-bond acceptors (Lipinski definition) is 6. The summed E-state index contributed by atoms with van der Waals surface area (Å²) in [5.41, 5.74) is 2.78. The monoisotopic (exact) mass is 410 g/mol. The number of rotatable bonds is 5. The van der Waals surface area contributed by atoms with E-state index in [4.69, 9.17) is 4.98 Å². The molecule has 7 nitrogen and oxygen atoms in total. The van der Waals surface area contributed by atoms with Crippen molar-refractivity contribution in [2.45, 2.75) is 45.1 Å². The number of aryl methyl sites for hydroxylation is 1. The van der Waals surface area contributed by atoms with Gasteiger partial charge < -0.3 is 15.5 Å². The van der Waals surface area contributed by atoms with E-state index in [0.717, 1.165) is 34.4 Å². The van der Waals surface area contributed by atoms with Crippen LogP contribution in [0.25, 0.3) is 10.1 Å². The Morgan fingerprint density at radius 1 is 1.41 bits per heavy atom. The van der Waals surface area contributed by atoms with Crippen LogP contribution in [0.2, 0.25) is 0 Å². The SMILES string of the molecule is CCc1c(C(=O)N2CCN[C@H](C)C2)nc(Nc2cc(C3CC3)[nH]n2)c2ccsc12. The highest BCUT2D eigenvalue weighted by molar-refractivity contribution is 7.17. The lowest BCUT2D eigenvalue weighted by molar-refractivity contribution is 0.0702. The van der Waals surface area contributed by atoms with Gasteiger partial charge in [-0.15, -0.1) is 11.3 Å². The molecule has 2 aliphatic rings. The minimum absolute atomic E-state index is 0.0225. The van der Waals surface area contributed by atoms with E-state index in [-0.39, 0.29) is 5.91 Å². The van der Waals surface area contributed by atoms with E-state index in [1.165, 1.54) is 18.5 Å². The summed E-state index contributed by atoms with van der Waals surface area (Å²) < 4.78 is 1.13. The Bertz CT molecular complexity index is 1050. The normalized spacial score (nSPS) is 19.7. The zero-order valence-corrected chi connectivity index (χ0v) is 17.6. The molecule has 1 saturated heterocycles. The first kappa shape index (κ1) is 18.6. The van der Waals surface area contributed by atoms with Gasteiger partial charge in [-0.3, -0.25) is 9.89 Å². The average Bonchev–Trinajstić information content (AvgIpc) is 3.26. The third-order valence-electron chi connectivity index (χ3n) is 5.78. The molecule has 5 rings (SSSR count). The van der Waals surface area contributed by atoms with Crippen molar-refractivity contribution in [2.75, 3.05) is 25.0 Å². The number of fused-ring (bicyclic) bond motifs is 1. The molecule has 1 amide bonds. The molecule has 3 N–H and O–H groups in total. The second kappa shape index (κ2) is 7.42. The van der Waals surface area contributed by atoms with E-state index < -0.39 is 0 Å². The zero-order chi connectivity index (χ0) is 20.0. The molecule has 3 aromatic heterocycles. The van der Waals surface area contributed by atoms with Gasteiger partial charge in [-0.05, 0) is 37.6 Å². The van der Waals surface area contributed by atoms with Crippen LogP contribution in [0.3, 0.4) is 0 Å². The summed E-state index contributed by atoms with van der Waals surface area (Å²) in [7, 11) is 0. The van der Waals surface area contributed by atoms with Gasteiger partial charge in [-0.25, -0.2) is 4.98 Å². The quantitative estimate of drug-likeness (QED) is 0.598. The number of nitrogens with zero attached hydrogens (tertiary/aromatic N) is 3. The van der Waals surface area contributed by atoms with Crippen LogP contribution in [0.1, 0.15) is 54.4 Å². The van der Waals surface area contributed by atoms with Crippen LogP contribution in [0, 0.1) is 0 Å². The van der Waals surface area contributed by atoms with Gasteiger partial charge in [0.1, 0.15) is 11.5 Å². The van der Waals surface area contributed by atoms with Gasteiger partial charge in [-0.1, -0.05) is 6.92 Å². The van der Waals surface area contributed by atoms with Gasteiger partial charge >= 0.3 is 0 Å². The molecule has 1 aliphatic carbocycles. The Morgan fingerprint density at radius 3 is 3.03 bits per heavy atom. The third kappa shape index (κ3) is 3.51. The Balaban J connectivity index is 1.53. The van der Waals surface area contributed by atoms with Crippen molar-refractivity contribution in [3.63, 3.8) is 0 Å². The minimum atomic E-state index is 0.0225. The number of carbonyl (C=O) groups is 1. The second-order valence-electron chi connectivity index (χ2n) is 8.02. The van der Waals surface area contributed by atoms with Crippen LogP contribution in [0.5, 0.6) is 0 Å². The molecule has 29 heavy (non-hydrogen) atoms. The zero-order valence-electron chi connectivity index (χ0n) is 16.8. The number of H-pyrrole nitrogens is 1. The first-order chi connectivity index (χ1) is 14.1. The summed E-state index contributed by atoms with van der Waals surface area (Å²) in [4.78, 5) is 20.1. The minimum Gasteiger partial charge on any atom is -0.334 e. The van der Waals surface area contributed by atoms with Gasteiger partial charge in [0, 0.05) is 59.0 Å². The van der Waals surface area contributed by atoms with Crippen molar-refractivity contribution in [1.29, 1.82) is 0 Å². The van der Waals surface area contributed by atoms with Crippen molar-refractivity contribution in [3.05, 3.63) is 34.5 Å². The van der Waals surface area contributed by atoms with Crippen molar-refractivity contribution in [2.24, 2.45) is 0 Å². The number of aromatic nitrogens is 3. The summed E-state index contributed by atoms with van der Waals surface area (Å²) in [6.45, 7) is 6.44. The van der Waals surface area contributed by atoms with Gasteiger partial charge in [0.25, 0.3) is 5.91 Å². The first-order valence-corrected chi connectivity index (χ1v) is 11.3. The standard InChI is InChI=1S/C21H26N6OS/c1-3-14-18(21(28)27-8-7-22-12(2)11-27)24-20(15-6-9-29-19(14)15)23-17-10-16(25-26-17)13-4-5-13/h6,9-10,12-13,22H,3-5,7-8,11H2,1-2H3,(H2,23,24,25,26)/t12-/m1/s1. The highest BCUT2D eigenvalue weighted by Gasteiger charge is 2.28. The molecule has 1 atom stereocenters. The molecule has 0 unspecified atom stereocenters. The number of carbonyl (C=O) groups excluding carboxylic acids is 1. The number of nitrogens with one attached hydrogen (secondary N) is 3. The number of anilines is 2. The molecule has 3 aromatic rings. The van der Waals surface area contributed by atoms with Crippen LogP contribution in [-0.2, 0) is 6.42 Å². The Kier molecular flexibility index (Phi) is 4.75. The number of piperazine rings is 1. The Hall–Kier alpha value is -2.45. The van der Waals surface area contributed by atoms with E-state index in [2.05, 4.69) is 52.2 Å². The van der Waals surface area contributed by atoms with Crippen LogP contribution in [0.15, 0.2) is 17.5 Å². The lowest BCUT2D eigenvalue weighted by Gasteiger charge is -2.32. The summed E-state index contributed by atoms with van der Waals surface area (Å²) >= 11 is 1.67. The molecule has 0 bridgehead atoms. The highest BCUT2D eigenvalue weighted by atomic mass is 32.1. The summed E-state index contributed by atoms with van der Waals surface area (Å²) in [5, 5.41) is 17.4. The Morgan fingerprint density at radius 2 is 2.28 bits per heavy atom. The van der Waals surface area contributed by atoms with Crippen LogP contribution >= 0.6 is 11.3 Å². The van der Waals surface area contributed by atoms with E-state index >= 15 is 0 Å². The number of amides is 1. The average molecular weight is 411 g/mol. The topological polar surface area (TPSA) is 85.9 Å². The number of hydrogen-bond donors (Lipinski definition) is 3. The van der Waals surface area contributed by atoms with E-state index in [1.54, 1.807) is 11.3 Å². The molecule has 8 heteroatoms. The van der Waals surface area contributed by atoms with Gasteiger partial charge in [0.15, 0.2) is 5.82 Å². The van der Waals surface area contributed by atoms with Crippen LogP contribution in [0.4, 0.5) is 11.6 Å². The third-order valence-corrected chi connectivity index (χ3v) is 6.75. The van der Waals surface area contributed by atoms with E-state index in [0.29, 0.717) is 36.6 Å². The largest absolute Gasteiger partial charge is 0.334 e. The van der Waals surface area contributed by atoms with Gasteiger partial charge in [0.2, 0.25) is 0 Å². The molecule has 152 valence electrons. The Labute approximate surface area is 173 Å². The molecule has 4 heterocycles. The van der Waals surface area contributed by atoms with Gasteiger partial charge in [0.05, 0.1) is 0 Å². The van der Waals surface area contributed by atoms with Gasteiger partial charge in [-0.2, -0.15) is 5.10 Å². The fourth-order valence-electron chi connectivity index (χ4n) is 4.07. The first-order valence-electron chi connectivity index (χ1n) is 10.4. The molecule has 0 radical (unpaired) electrons. The van der Waals surface area contributed by atoms with Crippen LogP contribution < -0.4 is 10.6 Å².